The Morgan fingerprint density at radius 2 is 1.95 bits per heavy atom. The fourth-order valence-electron chi connectivity index (χ4n) is 5.19. The molecule has 2 fully saturated rings. The quantitative estimate of drug-likeness (QED) is 0.430. The second-order valence-electron chi connectivity index (χ2n) is 9.92. The molecule has 0 saturated carbocycles. The van der Waals surface area contributed by atoms with Crippen molar-refractivity contribution < 1.29 is 14.3 Å². The van der Waals surface area contributed by atoms with Crippen molar-refractivity contribution in [1.82, 2.24) is 25.0 Å². The molecule has 2 saturated heterocycles. The second kappa shape index (κ2) is 10.7. The predicted molar refractivity (Wildman–Crippen MR) is 140 cm³/mol. The molecule has 0 radical (unpaired) electrons. The maximum atomic E-state index is 14.4. The molecule has 5 rings (SSSR count). The van der Waals surface area contributed by atoms with Gasteiger partial charge >= 0.3 is 0 Å². The summed E-state index contributed by atoms with van der Waals surface area (Å²) in [5.74, 6) is -0.205. The Morgan fingerprint density at radius 1 is 1.16 bits per heavy atom. The molecule has 194 valence electrons. The normalized spacial score (nSPS) is 17.4. The largest absolute Gasteiger partial charge is 0.390 e. The average molecular weight is 526 g/mol. The number of halogens is 2. The van der Waals surface area contributed by atoms with Crippen LogP contribution in [0.3, 0.4) is 0 Å². The number of pyridine rings is 1. The number of hydrogen-bond donors (Lipinski definition) is 3. The van der Waals surface area contributed by atoms with E-state index < -0.39 is 5.82 Å². The third kappa shape index (κ3) is 5.88. The number of aliphatic hydroxyl groups excluding tert-OH is 1. The van der Waals surface area contributed by atoms with Crippen molar-refractivity contribution in [3.8, 4) is 11.3 Å². The van der Waals surface area contributed by atoms with Crippen LogP contribution in [-0.4, -0.2) is 75.8 Å². The highest BCUT2D eigenvalue weighted by molar-refractivity contribution is 6.30. The van der Waals surface area contributed by atoms with Crippen LogP contribution in [0.25, 0.3) is 11.3 Å². The highest BCUT2D eigenvalue weighted by atomic mass is 35.5. The van der Waals surface area contributed by atoms with Crippen LogP contribution in [0.2, 0.25) is 5.02 Å². The van der Waals surface area contributed by atoms with Crippen LogP contribution in [-0.2, 0) is 11.4 Å². The maximum Gasteiger partial charge on any atom is 0.239 e. The first-order valence-corrected chi connectivity index (χ1v) is 12.6. The zero-order valence-electron chi connectivity index (χ0n) is 20.5. The van der Waals surface area contributed by atoms with E-state index in [4.69, 9.17) is 11.6 Å². The summed E-state index contributed by atoms with van der Waals surface area (Å²) in [6.07, 6.45) is 3.81. The van der Waals surface area contributed by atoms with Gasteiger partial charge in [0.1, 0.15) is 17.3 Å². The van der Waals surface area contributed by atoms with E-state index in [1.165, 1.54) is 18.2 Å². The van der Waals surface area contributed by atoms with Crippen LogP contribution in [0.4, 0.5) is 21.6 Å². The topological polar surface area (TPSA) is 107 Å². The van der Waals surface area contributed by atoms with Gasteiger partial charge in [0.05, 0.1) is 24.5 Å². The molecule has 0 atom stereocenters. The Kier molecular flexibility index (Phi) is 7.34. The Balaban J connectivity index is 1.24. The molecule has 3 N–H and O–H groups in total. The zero-order chi connectivity index (χ0) is 26.0. The number of nitrogens with one attached hydrogen (secondary N) is 2. The average Bonchev–Trinajstić information content (AvgIpc) is 2.86. The van der Waals surface area contributed by atoms with Crippen molar-refractivity contribution in [2.75, 3.05) is 50.4 Å². The highest BCUT2D eigenvalue weighted by Gasteiger charge is 2.43. The van der Waals surface area contributed by atoms with E-state index in [9.17, 15) is 14.3 Å². The van der Waals surface area contributed by atoms with E-state index in [1.54, 1.807) is 24.4 Å². The van der Waals surface area contributed by atoms with Crippen molar-refractivity contribution in [3.05, 3.63) is 59.1 Å². The van der Waals surface area contributed by atoms with E-state index in [0.29, 0.717) is 34.2 Å². The summed E-state index contributed by atoms with van der Waals surface area (Å²) in [5.41, 5.74) is 2.24. The van der Waals surface area contributed by atoms with E-state index in [-0.39, 0.29) is 29.5 Å². The summed E-state index contributed by atoms with van der Waals surface area (Å²) in [4.78, 5) is 21.5. The van der Waals surface area contributed by atoms with Crippen LogP contribution >= 0.6 is 11.6 Å². The lowest BCUT2D eigenvalue weighted by Gasteiger charge is -2.52. The maximum absolute atomic E-state index is 14.4. The third-order valence-electron chi connectivity index (χ3n) is 7.03. The molecule has 2 aliphatic heterocycles. The lowest BCUT2D eigenvalue weighted by atomic mass is 9.72. The van der Waals surface area contributed by atoms with Gasteiger partial charge in [-0.15, -0.1) is 5.10 Å². The van der Waals surface area contributed by atoms with Crippen molar-refractivity contribution in [3.63, 3.8) is 0 Å². The molecule has 2 aliphatic rings. The van der Waals surface area contributed by atoms with E-state index >= 15 is 0 Å². The molecule has 4 heterocycles. The molecule has 2 aromatic heterocycles. The number of hydrogen-bond acceptors (Lipinski definition) is 8. The molecule has 0 unspecified atom stereocenters. The van der Waals surface area contributed by atoms with Gasteiger partial charge in [-0.05, 0) is 68.7 Å². The molecule has 1 spiro atoms. The Hall–Kier alpha value is -3.18. The van der Waals surface area contributed by atoms with Crippen molar-refractivity contribution in [2.24, 2.45) is 5.41 Å². The minimum Gasteiger partial charge on any atom is -0.390 e. The summed E-state index contributed by atoms with van der Waals surface area (Å²) >= 11 is 6.03. The van der Waals surface area contributed by atoms with Gasteiger partial charge in [-0.3, -0.25) is 9.69 Å². The monoisotopic (exact) mass is 525 g/mol. The van der Waals surface area contributed by atoms with Crippen molar-refractivity contribution in [1.29, 1.82) is 0 Å². The van der Waals surface area contributed by atoms with E-state index in [0.717, 1.165) is 39.0 Å². The number of anilines is 3. The summed E-state index contributed by atoms with van der Waals surface area (Å²) in [5, 5.41) is 24.2. The first-order chi connectivity index (χ1) is 17.8. The van der Waals surface area contributed by atoms with Crippen LogP contribution in [0, 0.1) is 11.2 Å². The van der Waals surface area contributed by atoms with Gasteiger partial charge in [-0.25, -0.2) is 9.37 Å². The molecule has 0 aliphatic carbocycles. The minimum atomic E-state index is -0.487. The lowest BCUT2D eigenvalue weighted by Crippen LogP contribution is -2.59. The number of benzene rings is 1. The number of piperidine rings is 1. The van der Waals surface area contributed by atoms with E-state index in [2.05, 4.69) is 42.7 Å². The number of amides is 1. The SMILES string of the molecule is CN1CC2(CCN(CC(=O)Nc3cc(Nc4cc(-c5cc(Cl)ccc5F)nnc4CO)ccn3)CC2)C1. The smallest absolute Gasteiger partial charge is 0.239 e. The lowest BCUT2D eigenvalue weighted by molar-refractivity contribution is -0.118. The number of likely N-dealkylation sites (tertiary alicyclic amines) is 2. The van der Waals surface area contributed by atoms with Gasteiger partial charge in [0.25, 0.3) is 0 Å². The number of rotatable bonds is 7. The van der Waals surface area contributed by atoms with Gasteiger partial charge in [0.2, 0.25) is 5.91 Å². The standard InChI is InChI=1S/C26H29ClFN7O2/c1-34-15-26(16-34)5-8-35(9-6-26)13-25(37)31-24-11-18(4-7-29-24)30-22-12-21(32-33-23(22)14-36)19-10-17(27)2-3-20(19)28/h2-4,7,10-12,36H,5-6,8-9,13-16H2,1H3,(H2,29,30,31,32,37). The van der Waals surface area contributed by atoms with Gasteiger partial charge in [-0.2, -0.15) is 5.10 Å². The first-order valence-electron chi connectivity index (χ1n) is 12.2. The number of nitrogens with zero attached hydrogens (tertiary/aromatic N) is 5. The van der Waals surface area contributed by atoms with Gasteiger partial charge < -0.3 is 20.6 Å². The molecule has 0 bridgehead atoms. The Bertz CT molecular complexity index is 1290. The number of aliphatic hydroxyl groups is 1. The number of carbonyl (C=O) groups is 1. The summed E-state index contributed by atoms with van der Waals surface area (Å²) < 4.78 is 14.4. The Labute approximate surface area is 219 Å². The van der Waals surface area contributed by atoms with Crippen LogP contribution in [0.15, 0.2) is 42.6 Å². The van der Waals surface area contributed by atoms with Crippen LogP contribution in [0.5, 0.6) is 0 Å². The predicted octanol–water partition coefficient (Wildman–Crippen LogP) is 3.53. The van der Waals surface area contributed by atoms with Crippen molar-refractivity contribution in [2.45, 2.75) is 19.4 Å². The third-order valence-corrected chi connectivity index (χ3v) is 7.26. The molecular formula is C26H29ClFN7O2. The first kappa shape index (κ1) is 25.5. The van der Waals surface area contributed by atoms with Gasteiger partial charge in [-0.1, -0.05) is 11.6 Å². The molecule has 9 nitrogen and oxygen atoms in total. The van der Waals surface area contributed by atoms with E-state index in [1.807, 2.05) is 0 Å². The molecule has 1 amide bonds. The number of carbonyl (C=O) groups excluding carboxylic acids is 1. The highest BCUT2D eigenvalue weighted by Crippen LogP contribution is 2.39. The van der Waals surface area contributed by atoms with Gasteiger partial charge in [0, 0.05) is 41.6 Å². The molecular weight excluding hydrogens is 497 g/mol. The fourth-order valence-corrected chi connectivity index (χ4v) is 5.36. The molecule has 37 heavy (non-hydrogen) atoms. The fraction of sp³-hybridized carbons (Fsp3) is 0.385. The Morgan fingerprint density at radius 3 is 2.68 bits per heavy atom. The summed E-state index contributed by atoms with van der Waals surface area (Å²) in [7, 11) is 2.15. The molecule has 3 aromatic rings. The van der Waals surface area contributed by atoms with Gasteiger partial charge in [0.15, 0.2) is 0 Å². The minimum absolute atomic E-state index is 0.119. The number of aromatic nitrogens is 3. The summed E-state index contributed by atoms with van der Waals surface area (Å²) in [6.45, 7) is 4.10. The van der Waals surface area contributed by atoms with Crippen LogP contribution in [0.1, 0.15) is 18.5 Å². The summed E-state index contributed by atoms with van der Waals surface area (Å²) in [6, 6.07) is 9.19. The van der Waals surface area contributed by atoms with Crippen LogP contribution < -0.4 is 10.6 Å². The zero-order valence-corrected chi connectivity index (χ0v) is 21.3. The van der Waals surface area contributed by atoms with Crippen molar-refractivity contribution >= 4 is 34.7 Å². The second-order valence-corrected chi connectivity index (χ2v) is 10.4. The molecule has 1 aromatic carbocycles. The molecule has 11 heteroatoms.